The number of H-pyrrole nitrogens is 1. The number of aromatic nitrogens is 2. The first-order valence-corrected chi connectivity index (χ1v) is 6.76. The van der Waals surface area contributed by atoms with Crippen LogP contribution < -0.4 is 10.1 Å². The minimum atomic E-state index is -0.431. The van der Waals surface area contributed by atoms with Crippen LogP contribution >= 0.6 is 0 Å². The van der Waals surface area contributed by atoms with Gasteiger partial charge in [-0.15, -0.1) is 0 Å². The quantitative estimate of drug-likeness (QED) is 0.753. The summed E-state index contributed by atoms with van der Waals surface area (Å²) in [6.07, 6.45) is 0.0854. The molecule has 2 aromatic rings. The number of rotatable bonds is 6. The van der Waals surface area contributed by atoms with Crippen molar-refractivity contribution in [3.63, 3.8) is 0 Å². The number of aromatic amines is 1. The third kappa shape index (κ3) is 4.06. The topological polar surface area (TPSA) is 87.2 Å². The predicted molar refractivity (Wildman–Crippen MR) is 79.2 cm³/mol. The van der Waals surface area contributed by atoms with Gasteiger partial charge in [0.2, 0.25) is 0 Å². The second-order valence-electron chi connectivity index (χ2n) is 4.79. The summed E-state index contributed by atoms with van der Waals surface area (Å²) in [5, 5.41) is 18.7. The molecule has 3 N–H and O–H groups in total. The summed E-state index contributed by atoms with van der Waals surface area (Å²) >= 11 is 0. The van der Waals surface area contributed by atoms with E-state index in [0.29, 0.717) is 24.4 Å². The minimum Gasteiger partial charge on any atom is -0.497 e. The van der Waals surface area contributed by atoms with Gasteiger partial charge in [-0.1, -0.05) is 12.1 Å². The van der Waals surface area contributed by atoms with E-state index in [4.69, 9.17) is 9.84 Å². The molecule has 1 amide bonds. The number of nitrogens with zero attached hydrogens (tertiary/aromatic N) is 1. The number of aliphatic hydroxyl groups excluding tert-OH is 1. The molecule has 21 heavy (non-hydrogen) atoms. The summed E-state index contributed by atoms with van der Waals surface area (Å²) in [5.41, 5.74) is 1.93. The van der Waals surface area contributed by atoms with Crippen molar-refractivity contribution in [2.24, 2.45) is 0 Å². The van der Waals surface area contributed by atoms with Gasteiger partial charge in [-0.2, -0.15) is 5.10 Å². The van der Waals surface area contributed by atoms with Crippen LogP contribution in [0.5, 0.6) is 5.75 Å². The van der Waals surface area contributed by atoms with Crippen molar-refractivity contribution in [1.29, 1.82) is 0 Å². The maximum atomic E-state index is 11.9. The summed E-state index contributed by atoms with van der Waals surface area (Å²) in [7, 11) is 1.60. The highest BCUT2D eigenvalue weighted by atomic mass is 16.5. The van der Waals surface area contributed by atoms with Crippen molar-refractivity contribution in [2.75, 3.05) is 13.7 Å². The average molecular weight is 289 g/mol. The van der Waals surface area contributed by atoms with E-state index in [1.54, 1.807) is 20.1 Å². The van der Waals surface area contributed by atoms with Gasteiger partial charge in [0.15, 0.2) is 0 Å². The Kier molecular flexibility index (Phi) is 4.94. The van der Waals surface area contributed by atoms with E-state index in [0.717, 1.165) is 11.3 Å². The molecule has 1 aromatic heterocycles. The summed E-state index contributed by atoms with van der Waals surface area (Å²) in [6, 6.07) is 9.15. The van der Waals surface area contributed by atoms with E-state index >= 15 is 0 Å². The lowest BCUT2D eigenvalue weighted by atomic mass is 10.1. The van der Waals surface area contributed by atoms with Crippen molar-refractivity contribution >= 4 is 5.91 Å². The Bertz CT molecular complexity index is 608. The van der Waals surface area contributed by atoms with Gasteiger partial charge >= 0.3 is 0 Å². The Morgan fingerprint density at radius 1 is 1.48 bits per heavy atom. The van der Waals surface area contributed by atoms with Crippen LogP contribution in [-0.4, -0.2) is 41.0 Å². The lowest BCUT2D eigenvalue weighted by Gasteiger charge is -2.04. The molecule has 0 aliphatic heterocycles. The van der Waals surface area contributed by atoms with Gasteiger partial charge < -0.3 is 15.2 Å². The Morgan fingerprint density at radius 3 is 3.00 bits per heavy atom. The highest BCUT2D eigenvalue weighted by molar-refractivity contribution is 5.93. The van der Waals surface area contributed by atoms with E-state index in [2.05, 4.69) is 15.5 Å². The highest BCUT2D eigenvalue weighted by Gasteiger charge is 2.11. The second-order valence-corrected chi connectivity index (χ2v) is 4.79. The van der Waals surface area contributed by atoms with Crippen LogP contribution in [0.2, 0.25) is 0 Å². The van der Waals surface area contributed by atoms with Crippen molar-refractivity contribution < 1.29 is 14.6 Å². The van der Waals surface area contributed by atoms with Gasteiger partial charge in [0.1, 0.15) is 11.4 Å². The van der Waals surface area contributed by atoms with Gasteiger partial charge in [-0.05, 0) is 31.5 Å². The molecule has 1 heterocycles. The molecule has 112 valence electrons. The lowest BCUT2D eigenvalue weighted by molar-refractivity contribution is 0.0940. The third-order valence-electron chi connectivity index (χ3n) is 3.04. The Morgan fingerprint density at radius 2 is 2.29 bits per heavy atom. The number of amides is 1. The predicted octanol–water partition coefficient (Wildman–Crippen LogP) is 1.59. The zero-order valence-corrected chi connectivity index (χ0v) is 12.1. The molecule has 6 heteroatoms. The molecule has 2 rings (SSSR count). The van der Waals surface area contributed by atoms with Crippen LogP contribution in [0.25, 0.3) is 11.3 Å². The molecule has 1 unspecified atom stereocenters. The van der Waals surface area contributed by atoms with Crippen LogP contribution in [0, 0.1) is 0 Å². The average Bonchev–Trinajstić information content (AvgIpc) is 2.97. The van der Waals surface area contributed by atoms with Gasteiger partial charge in [-0.25, -0.2) is 0 Å². The Hall–Kier alpha value is -2.34. The summed E-state index contributed by atoms with van der Waals surface area (Å²) in [5.74, 6) is 0.496. The van der Waals surface area contributed by atoms with Crippen LogP contribution in [-0.2, 0) is 0 Å². The van der Waals surface area contributed by atoms with Crippen LogP contribution in [0.15, 0.2) is 30.3 Å². The second kappa shape index (κ2) is 6.90. The monoisotopic (exact) mass is 289 g/mol. The summed E-state index contributed by atoms with van der Waals surface area (Å²) < 4.78 is 5.17. The van der Waals surface area contributed by atoms with Gasteiger partial charge in [-0.3, -0.25) is 9.89 Å². The molecule has 6 nitrogen and oxygen atoms in total. The lowest BCUT2D eigenvalue weighted by Crippen LogP contribution is -2.26. The first kappa shape index (κ1) is 15.1. The normalized spacial score (nSPS) is 12.0. The Balaban J connectivity index is 2.05. The maximum Gasteiger partial charge on any atom is 0.269 e. The number of aliphatic hydroxyl groups is 1. The van der Waals surface area contributed by atoms with E-state index < -0.39 is 6.10 Å². The highest BCUT2D eigenvalue weighted by Crippen LogP contribution is 2.22. The Labute approximate surface area is 123 Å². The fourth-order valence-electron chi connectivity index (χ4n) is 1.86. The number of hydrogen-bond donors (Lipinski definition) is 3. The fourth-order valence-corrected chi connectivity index (χ4v) is 1.86. The number of methoxy groups -OCH3 is 1. The number of hydrogen-bond acceptors (Lipinski definition) is 4. The number of benzene rings is 1. The minimum absolute atomic E-state index is 0.239. The molecule has 0 radical (unpaired) electrons. The number of ether oxygens (including phenoxy) is 1. The molecule has 0 saturated heterocycles. The van der Waals surface area contributed by atoms with Gasteiger partial charge in [0.05, 0.1) is 18.9 Å². The van der Waals surface area contributed by atoms with Crippen molar-refractivity contribution in [3.05, 3.63) is 36.0 Å². The molecular weight excluding hydrogens is 270 g/mol. The van der Waals surface area contributed by atoms with E-state index in [9.17, 15) is 4.79 Å². The zero-order chi connectivity index (χ0) is 15.2. The van der Waals surface area contributed by atoms with E-state index in [-0.39, 0.29) is 5.91 Å². The molecule has 0 bridgehead atoms. The largest absolute Gasteiger partial charge is 0.497 e. The molecule has 1 atom stereocenters. The summed E-state index contributed by atoms with van der Waals surface area (Å²) in [4.78, 5) is 11.9. The molecule has 0 saturated carbocycles. The number of nitrogens with one attached hydrogen (secondary N) is 2. The third-order valence-corrected chi connectivity index (χ3v) is 3.04. The SMILES string of the molecule is COc1cccc(-c2cc(C(=O)NCCC(C)O)[nH]n2)c1. The van der Waals surface area contributed by atoms with Gasteiger partial charge in [0, 0.05) is 12.1 Å². The van der Waals surface area contributed by atoms with Crippen molar-refractivity contribution in [1.82, 2.24) is 15.5 Å². The van der Waals surface area contributed by atoms with Crippen LogP contribution in [0.1, 0.15) is 23.8 Å². The van der Waals surface area contributed by atoms with Crippen molar-refractivity contribution in [2.45, 2.75) is 19.4 Å². The fraction of sp³-hybridized carbons (Fsp3) is 0.333. The maximum absolute atomic E-state index is 11.9. The first-order chi connectivity index (χ1) is 10.1. The number of carbonyl (C=O) groups excluding carboxylic acids is 1. The molecular formula is C15H19N3O3. The molecule has 0 aliphatic rings. The zero-order valence-electron chi connectivity index (χ0n) is 12.1. The molecule has 0 spiro atoms. The summed E-state index contributed by atoms with van der Waals surface area (Å²) in [6.45, 7) is 2.10. The molecule has 0 aliphatic carbocycles. The van der Waals surface area contributed by atoms with E-state index in [1.165, 1.54) is 0 Å². The van der Waals surface area contributed by atoms with Crippen molar-refractivity contribution in [3.8, 4) is 17.0 Å². The molecule has 1 aromatic carbocycles. The van der Waals surface area contributed by atoms with Gasteiger partial charge in [0.25, 0.3) is 5.91 Å². The number of carbonyl (C=O) groups is 1. The smallest absolute Gasteiger partial charge is 0.269 e. The molecule has 0 fully saturated rings. The van der Waals surface area contributed by atoms with Crippen LogP contribution in [0.4, 0.5) is 0 Å². The first-order valence-electron chi connectivity index (χ1n) is 6.76. The van der Waals surface area contributed by atoms with Crippen LogP contribution in [0.3, 0.4) is 0 Å². The standard InChI is InChI=1S/C15H19N3O3/c1-10(19)6-7-16-15(20)14-9-13(17-18-14)11-4-3-5-12(8-11)21-2/h3-5,8-10,19H,6-7H2,1-2H3,(H,16,20)(H,17,18). The van der Waals surface area contributed by atoms with E-state index in [1.807, 2.05) is 24.3 Å².